The van der Waals surface area contributed by atoms with Gasteiger partial charge in [0.2, 0.25) is 5.91 Å². The third-order valence-corrected chi connectivity index (χ3v) is 5.17. The van der Waals surface area contributed by atoms with Gasteiger partial charge in [-0.1, -0.05) is 66.7 Å². The number of hydrogen-bond donors (Lipinski definition) is 1. The molecule has 4 rings (SSSR count). The molecule has 3 aromatic carbocycles. The zero-order chi connectivity index (χ0) is 17.8. The molecule has 3 nitrogen and oxygen atoms in total. The van der Waals surface area contributed by atoms with Gasteiger partial charge in [-0.05, 0) is 36.4 Å². The van der Waals surface area contributed by atoms with Crippen molar-refractivity contribution < 1.29 is 4.79 Å². The van der Waals surface area contributed by atoms with Gasteiger partial charge >= 0.3 is 0 Å². The van der Waals surface area contributed by atoms with Gasteiger partial charge in [0, 0.05) is 24.2 Å². The Morgan fingerprint density at radius 3 is 2.62 bits per heavy atom. The molecule has 0 radical (unpaired) electrons. The molecule has 0 spiro atoms. The van der Waals surface area contributed by atoms with E-state index in [-0.39, 0.29) is 11.8 Å². The number of amides is 1. The maximum atomic E-state index is 12.9. The molecule has 0 saturated carbocycles. The minimum Gasteiger partial charge on any atom is -0.325 e. The Morgan fingerprint density at radius 1 is 0.962 bits per heavy atom. The molecular weight excluding hydrogens is 320 g/mol. The van der Waals surface area contributed by atoms with Crippen LogP contribution in [0.4, 0.5) is 5.69 Å². The highest BCUT2D eigenvalue weighted by Crippen LogP contribution is 2.25. The third-order valence-electron chi connectivity index (χ3n) is 5.17. The van der Waals surface area contributed by atoms with Crippen LogP contribution in [0.15, 0.2) is 72.8 Å². The molecule has 0 bridgehead atoms. The minimum atomic E-state index is 0.0476. The largest absolute Gasteiger partial charge is 0.325 e. The molecule has 1 saturated heterocycles. The summed E-state index contributed by atoms with van der Waals surface area (Å²) in [7, 11) is 0. The molecule has 1 amide bonds. The van der Waals surface area contributed by atoms with E-state index in [1.807, 2.05) is 30.3 Å². The van der Waals surface area contributed by atoms with Gasteiger partial charge in [-0.15, -0.1) is 0 Å². The van der Waals surface area contributed by atoms with Gasteiger partial charge in [0.1, 0.15) is 0 Å². The summed E-state index contributed by atoms with van der Waals surface area (Å²) in [5, 5.41) is 5.42. The lowest BCUT2D eigenvalue weighted by Gasteiger charge is -2.32. The van der Waals surface area contributed by atoms with E-state index in [0.29, 0.717) is 0 Å². The van der Waals surface area contributed by atoms with Crippen LogP contribution in [0.3, 0.4) is 0 Å². The number of anilines is 1. The van der Waals surface area contributed by atoms with Crippen molar-refractivity contribution in [2.45, 2.75) is 19.4 Å². The summed E-state index contributed by atoms with van der Waals surface area (Å²) in [4.78, 5) is 15.3. The van der Waals surface area contributed by atoms with Gasteiger partial charge in [-0.25, -0.2) is 0 Å². The van der Waals surface area contributed by atoms with Crippen LogP contribution in [-0.4, -0.2) is 23.9 Å². The lowest BCUT2D eigenvalue weighted by molar-refractivity contribution is -0.121. The van der Waals surface area contributed by atoms with Crippen LogP contribution in [0.2, 0.25) is 0 Å². The molecule has 1 fully saturated rings. The Bertz CT molecular complexity index is 886. The molecule has 132 valence electrons. The molecule has 1 N–H and O–H groups in total. The van der Waals surface area contributed by atoms with E-state index < -0.39 is 0 Å². The van der Waals surface area contributed by atoms with Crippen LogP contribution in [0.25, 0.3) is 10.8 Å². The van der Waals surface area contributed by atoms with Gasteiger partial charge in [0.25, 0.3) is 0 Å². The highest BCUT2D eigenvalue weighted by molar-refractivity contribution is 6.02. The molecule has 1 heterocycles. The fourth-order valence-electron chi connectivity index (χ4n) is 3.82. The van der Waals surface area contributed by atoms with Crippen molar-refractivity contribution in [1.82, 2.24) is 4.90 Å². The fraction of sp³-hybridized carbons (Fsp3) is 0.261. The van der Waals surface area contributed by atoms with E-state index in [0.717, 1.165) is 48.9 Å². The highest BCUT2D eigenvalue weighted by atomic mass is 16.1. The standard InChI is InChI=1S/C23H24N2O/c26-23(24-22-14-6-11-19-10-4-5-13-21(19)22)20-12-7-15-25(17-20)16-18-8-2-1-3-9-18/h1-6,8-11,13-14,20H,7,12,15-17H2,(H,24,26). The van der Waals surface area contributed by atoms with Gasteiger partial charge < -0.3 is 5.32 Å². The highest BCUT2D eigenvalue weighted by Gasteiger charge is 2.26. The summed E-state index contributed by atoms with van der Waals surface area (Å²) >= 11 is 0. The van der Waals surface area contributed by atoms with Crippen LogP contribution >= 0.6 is 0 Å². The van der Waals surface area contributed by atoms with Gasteiger partial charge in [-0.2, -0.15) is 0 Å². The fourth-order valence-corrected chi connectivity index (χ4v) is 3.82. The number of rotatable bonds is 4. The molecule has 0 aromatic heterocycles. The Balaban J connectivity index is 1.44. The third kappa shape index (κ3) is 3.78. The summed E-state index contributed by atoms with van der Waals surface area (Å²) in [5.74, 6) is 0.186. The minimum absolute atomic E-state index is 0.0476. The normalized spacial score (nSPS) is 17.9. The topological polar surface area (TPSA) is 32.3 Å². The quantitative estimate of drug-likeness (QED) is 0.744. The van der Waals surface area contributed by atoms with Gasteiger partial charge in [0.05, 0.1) is 5.92 Å². The number of piperidine rings is 1. The monoisotopic (exact) mass is 344 g/mol. The summed E-state index contributed by atoms with van der Waals surface area (Å²) in [6, 6.07) is 24.7. The lowest BCUT2D eigenvalue weighted by Crippen LogP contribution is -2.40. The zero-order valence-corrected chi connectivity index (χ0v) is 14.9. The molecule has 1 aliphatic rings. The van der Waals surface area contributed by atoms with Crippen molar-refractivity contribution in [1.29, 1.82) is 0 Å². The molecule has 0 aliphatic carbocycles. The van der Waals surface area contributed by atoms with E-state index in [1.54, 1.807) is 0 Å². The molecule has 3 heteroatoms. The van der Waals surface area contributed by atoms with E-state index in [4.69, 9.17) is 0 Å². The molecule has 1 unspecified atom stereocenters. The Kier molecular flexibility index (Phi) is 4.98. The van der Waals surface area contributed by atoms with Crippen LogP contribution in [0.1, 0.15) is 18.4 Å². The number of fused-ring (bicyclic) bond motifs is 1. The van der Waals surface area contributed by atoms with Crippen molar-refractivity contribution in [2.24, 2.45) is 5.92 Å². The van der Waals surface area contributed by atoms with Crippen LogP contribution in [-0.2, 0) is 11.3 Å². The smallest absolute Gasteiger partial charge is 0.228 e. The number of carbonyl (C=O) groups is 1. The maximum absolute atomic E-state index is 12.9. The van der Waals surface area contributed by atoms with Crippen molar-refractivity contribution in [3.05, 3.63) is 78.4 Å². The summed E-state index contributed by atoms with van der Waals surface area (Å²) in [6.45, 7) is 2.80. The van der Waals surface area contributed by atoms with E-state index in [1.165, 1.54) is 5.56 Å². The summed E-state index contributed by atoms with van der Waals surface area (Å²) in [5.41, 5.74) is 2.22. The number of hydrogen-bond acceptors (Lipinski definition) is 2. The zero-order valence-electron chi connectivity index (χ0n) is 14.9. The molecule has 1 atom stereocenters. The number of carbonyl (C=O) groups excluding carboxylic acids is 1. The van der Waals surface area contributed by atoms with E-state index >= 15 is 0 Å². The number of benzene rings is 3. The van der Waals surface area contributed by atoms with Crippen molar-refractivity contribution in [3.63, 3.8) is 0 Å². The van der Waals surface area contributed by atoms with Gasteiger partial charge in [0.15, 0.2) is 0 Å². The lowest BCUT2D eigenvalue weighted by atomic mass is 9.96. The second-order valence-corrected chi connectivity index (χ2v) is 7.08. The maximum Gasteiger partial charge on any atom is 0.228 e. The van der Waals surface area contributed by atoms with Gasteiger partial charge in [-0.3, -0.25) is 9.69 Å². The predicted molar refractivity (Wildman–Crippen MR) is 107 cm³/mol. The van der Waals surface area contributed by atoms with Crippen molar-refractivity contribution in [3.8, 4) is 0 Å². The first-order valence-corrected chi connectivity index (χ1v) is 9.34. The van der Waals surface area contributed by atoms with Crippen LogP contribution in [0.5, 0.6) is 0 Å². The molecular formula is C23H24N2O. The first-order chi connectivity index (χ1) is 12.8. The Hall–Kier alpha value is -2.65. The molecule has 3 aromatic rings. The van der Waals surface area contributed by atoms with Crippen LogP contribution in [0, 0.1) is 5.92 Å². The summed E-state index contributed by atoms with van der Waals surface area (Å²) < 4.78 is 0. The number of nitrogens with zero attached hydrogens (tertiary/aromatic N) is 1. The number of likely N-dealkylation sites (tertiary alicyclic amines) is 1. The Morgan fingerprint density at radius 2 is 1.73 bits per heavy atom. The second kappa shape index (κ2) is 7.71. The SMILES string of the molecule is O=C(Nc1cccc2ccccc12)C1CCCN(Cc2ccccc2)C1. The average molecular weight is 344 g/mol. The van der Waals surface area contributed by atoms with Crippen LogP contribution < -0.4 is 5.32 Å². The first kappa shape index (κ1) is 16.8. The Labute approximate surface area is 154 Å². The average Bonchev–Trinajstić information content (AvgIpc) is 2.69. The molecule has 1 aliphatic heterocycles. The van der Waals surface area contributed by atoms with Crippen molar-refractivity contribution >= 4 is 22.4 Å². The number of nitrogens with one attached hydrogen (secondary N) is 1. The van der Waals surface area contributed by atoms with E-state index in [9.17, 15) is 4.79 Å². The summed E-state index contributed by atoms with van der Waals surface area (Å²) in [6.07, 6.45) is 2.03. The second-order valence-electron chi connectivity index (χ2n) is 7.08. The van der Waals surface area contributed by atoms with Crippen molar-refractivity contribution in [2.75, 3.05) is 18.4 Å². The van der Waals surface area contributed by atoms with E-state index in [2.05, 4.69) is 52.7 Å². The predicted octanol–water partition coefficient (Wildman–Crippen LogP) is 4.69. The first-order valence-electron chi connectivity index (χ1n) is 9.34. The molecule has 26 heavy (non-hydrogen) atoms.